The number of amides is 1. The first-order chi connectivity index (χ1) is 18.7. The van der Waals surface area contributed by atoms with Gasteiger partial charge in [-0.3, -0.25) is 4.98 Å². The molecule has 0 radical (unpaired) electrons. The van der Waals surface area contributed by atoms with E-state index in [9.17, 15) is 9.59 Å². The molecule has 1 amide bonds. The fourth-order valence-corrected chi connectivity index (χ4v) is 4.14. The van der Waals surface area contributed by atoms with Crippen molar-refractivity contribution in [1.82, 2.24) is 10.3 Å². The minimum atomic E-state index is -0.637. The smallest absolute Gasteiger partial charge is 0.408 e. The molecule has 4 aromatic rings. The molecule has 1 heterocycles. The first-order valence-electron chi connectivity index (χ1n) is 12.9. The maximum absolute atomic E-state index is 13.4. The summed E-state index contributed by atoms with van der Waals surface area (Å²) in [5, 5.41) is 4.41. The topological polar surface area (TPSA) is 86.8 Å². The number of alkyl carbamates (subject to hydrolysis) is 1. The zero-order valence-electron chi connectivity index (χ0n) is 22.8. The Hall–Kier alpha value is -4.39. The number of fused-ring (bicyclic) bond motifs is 1. The molecular formula is C32H34N2O5. The Morgan fingerprint density at radius 1 is 0.923 bits per heavy atom. The molecule has 0 aliphatic rings. The average Bonchev–Trinajstić information content (AvgIpc) is 2.90. The van der Waals surface area contributed by atoms with E-state index in [1.165, 1.54) is 0 Å². The summed E-state index contributed by atoms with van der Waals surface area (Å²) < 4.78 is 17.4. The Bertz CT molecular complexity index is 1420. The van der Waals surface area contributed by atoms with Crippen LogP contribution >= 0.6 is 0 Å². The number of hydrogen-bond donors (Lipinski definition) is 1. The van der Waals surface area contributed by atoms with E-state index in [-0.39, 0.29) is 13.2 Å². The van der Waals surface area contributed by atoms with Crippen LogP contribution in [0, 0.1) is 6.92 Å². The molecule has 0 unspecified atom stereocenters. The van der Waals surface area contributed by atoms with Gasteiger partial charge in [0.15, 0.2) is 0 Å². The standard InChI is InChI=1S/C32H34N2O5/c1-22-17-27-25(19-33-22)15-16-28(29(27)30(35)38-20-24-13-9-6-10-14-24)37-21-26(18-23-11-7-5-8-12-23)34-31(36)39-32(2,3)4/h5-17,19,26H,18,20-21H2,1-4H3,(H,34,36)/t26-/m1/s1. The van der Waals surface area contributed by atoms with Crippen molar-refractivity contribution in [3.8, 4) is 5.75 Å². The summed E-state index contributed by atoms with van der Waals surface area (Å²) in [6.45, 7) is 7.56. The number of nitrogens with one attached hydrogen (secondary N) is 1. The van der Waals surface area contributed by atoms with Crippen LogP contribution in [0.5, 0.6) is 5.75 Å². The van der Waals surface area contributed by atoms with E-state index >= 15 is 0 Å². The molecule has 3 aromatic carbocycles. The first-order valence-corrected chi connectivity index (χ1v) is 12.9. The number of ether oxygens (including phenoxy) is 3. The summed E-state index contributed by atoms with van der Waals surface area (Å²) in [7, 11) is 0. The molecule has 7 nitrogen and oxygen atoms in total. The number of hydrogen-bond acceptors (Lipinski definition) is 6. The van der Waals surface area contributed by atoms with E-state index in [1.54, 1.807) is 12.3 Å². The van der Waals surface area contributed by atoms with Gasteiger partial charge in [0, 0.05) is 22.7 Å². The van der Waals surface area contributed by atoms with Crippen molar-refractivity contribution in [3.05, 3.63) is 107 Å². The SMILES string of the molecule is Cc1cc2c(C(=O)OCc3ccccc3)c(OC[C@@H](Cc3ccccc3)NC(=O)OC(C)(C)C)ccc2cn1. The van der Waals surface area contributed by atoms with Crippen LogP contribution in [-0.4, -0.2) is 35.3 Å². The van der Waals surface area contributed by atoms with Crippen molar-refractivity contribution in [3.63, 3.8) is 0 Å². The Labute approximate surface area is 229 Å². The maximum Gasteiger partial charge on any atom is 0.408 e. The number of carbonyl (C=O) groups excluding carboxylic acids is 2. The minimum Gasteiger partial charge on any atom is -0.491 e. The molecule has 0 fully saturated rings. The molecule has 0 spiro atoms. The second kappa shape index (κ2) is 12.4. The minimum absolute atomic E-state index is 0.114. The Balaban J connectivity index is 1.59. The number of esters is 1. The van der Waals surface area contributed by atoms with Gasteiger partial charge in [-0.25, -0.2) is 9.59 Å². The predicted octanol–water partition coefficient (Wildman–Crippen LogP) is 6.42. The zero-order chi connectivity index (χ0) is 27.8. The lowest BCUT2D eigenvalue weighted by atomic mass is 10.0. The molecule has 0 saturated carbocycles. The average molecular weight is 527 g/mol. The molecule has 7 heteroatoms. The summed E-state index contributed by atoms with van der Waals surface area (Å²) in [4.78, 5) is 30.4. The van der Waals surface area contributed by atoms with Gasteiger partial charge < -0.3 is 19.5 Å². The van der Waals surface area contributed by atoms with E-state index in [0.29, 0.717) is 23.1 Å². The van der Waals surface area contributed by atoms with Crippen LogP contribution in [0.4, 0.5) is 4.79 Å². The third-order valence-electron chi connectivity index (χ3n) is 5.90. The molecular weight excluding hydrogens is 492 g/mol. The highest BCUT2D eigenvalue weighted by Crippen LogP contribution is 2.30. The molecule has 202 valence electrons. The normalized spacial score (nSPS) is 12.0. The lowest BCUT2D eigenvalue weighted by molar-refractivity contribution is 0.0455. The molecule has 0 saturated heterocycles. The van der Waals surface area contributed by atoms with Crippen LogP contribution in [0.15, 0.2) is 85.1 Å². The number of aryl methyl sites for hydroxylation is 1. The maximum atomic E-state index is 13.4. The number of benzene rings is 3. The number of nitrogens with zero attached hydrogens (tertiary/aromatic N) is 1. The Morgan fingerprint density at radius 2 is 1.59 bits per heavy atom. The van der Waals surface area contributed by atoms with Crippen LogP contribution in [0.2, 0.25) is 0 Å². The molecule has 1 aromatic heterocycles. The van der Waals surface area contributed by atoms with E-state index in [4.69, 9.17) is 14.2 Å². The summed E-state index contributed by atoms with van der Waals surface area (Å²) in [6, 6.07) is 24.4. The van der Waals surface area contributed by atoms with Gasteiger partial charge in [0.25, 0.3) is 0 Å². The third-order valence-corrected chi connectivity index (χ3v) is 5.90. The number of carbonyl (C=O) groups is 2. The summed E-state index contributed by atoms with van der Waals surface area (Å²) >= 11 is 0. The van der Waals surface area contributed by atoms with Crippen LogP contribution in [0.3, 0.4) is 0 Å². The van der Waals surface area contributed by atoms with Crippen molar-refractivity contribution in [2.45, 2.75) is 52.4 Å². The van der Waals surface area contributed by atoms with Crippen LogP contribution in [-0.2, 0) is 22.5 Å². The molecule has 1 atom stereocenters. The number of rotatable bonds is 9. The van der Waals surface area contributed by atoms with Crippen molar-refractivity contribution in [1.29, 1.82) is 0 Å². The van der Waals surface area contributed by atoms with Crippen LogP contribution in [0.1, 0.15) is 48.0 Å². The van der Waals surface area contributed by atoms with Gasteiger partial charge in [-0.15, -0.1) is 0 Å². The van der Waals surface area contributed by atoms with E-state index in [1.807, 2.05) is 100 Å². The summed E-state index contributed by atoms with van der Waals surface area (Å²) in [5.74, 6) is -0.125. The van der Waals surface area contributed by atoms with E-state index in [2.05, 4.69) is 10.3 Å². The molecule has 39 heavy (non-hydrogen) atoms. The highest BCUT2D eigenvalue weighted by Gasteiger charge is 2.23. The van der Waals surface area contributed by atoms with Gasteiger partial charge in [-0.2, -0.15) is 0 Å². The van der Waals surface area contributed by atoms with Gasteiger partial charge in [0.05, 0.1) is 6.04 Å². The predicted molar refractivity (Wildman–Crippen MR) is 151 cm³/mol. The quantitative estimate of drug-likeness (QED) is 0.254. The lowest BCUT2D eigenvalue weighted by Gasteiger charge is -2.24. The molecule has 0 bridgehead atoms. The zero-order valence-corrected chi connectivity index (χ0v) is 22.8. The molecule has 0 aliphatic heterocycles. The van der Waals surface area contributed by atoms with Crippen molar-refractivity contribution in [2.75, 3.05) is 6.61 Å². The number of aromatic nitrogens is 1. The summed E-state index contributed by atoms with van der Waals surface area (Å²) in [5.41, 5.74) is 2.37. The molecule has 4 rings (SSSR count). The lowest BCUT2D eigenvalue weighted by Crippen LogP contribution is -2.43. The van der Waals surface area contributed by atoms with Crippen molar-refractivity contribution < 1.29 is 23.8 Å². The highest BCUT2D eigenvalue weighted by molar-refractivity contribution is 6.07. The second-order valence-electron chi connectivity index (χ2n) is 10.4. The fraction of sp³-hybridized carbons (Fsp3) is 0.281. The number of pyridine rings is 1. The second-order valence-corrected chi connectivity index (χ2v) is 10.4. The van der Waals surface area contributed by atoms with Gasteiger partial charge >= 0.3 is 12.1 Å². The monoisotopic (exact) mass is 526 g/mol. The first kappa shape index (κ1) is 27.6. The van der Waals surface area contributed by atoms with Crippen LogP contribution in [0.25, 0.3) is 10.8 Å². The fourth-order valence-electron chi connectivity index (χ4n) is 4.14. The highest BCUT2D eigenvalue weighted by atomic mass is 16.6. The van der Waals surface area contributed by atoms with Gasteiger partial charge in [-0.05, 0) is 63.4 Å². The Kier molecular flexibility index (Phi) is 8.81. The Morgan fingerprint density at radius 3 is 2.26 bits per heavy atom. The third kappa shape index (κ3) is 8.04. The van der Waals surface area contributed by atoms with Gasteiger partial charge in [-0.1, -0.05) is 60.7 Å². The van der Waals surface area contributed by atoms with Gasteiger partial charge in [0.2, 0.25) is 0 Å². The van der Waals surface area contributed by atoms with E-state index in [0.717, 1.165) is 22.2 Å². The van der Waals surface area contributed by atoms with Gasteiger partial charge in [0.1, 0.15) is 30.1 Å². The largest absolute Gasteiger partial charge is 0.491 e. The van der Waals surface area contributed by atoms with E-state index < -0.39 is 23.7 Å². The summed E-state index contributed by atoms with van der Waals surface area (Å²) in [6.07, 6.45) is 1.71. The van der Waals surface area contributed by atoms with Crippen LogP contribution < -0.4 is 10.1 Å². The molecule has 0 aliphatic carbocycles. The molecule has 1 N–H and O–H groups in total. The van der Waals surface area contributed by atoms with Crippen molar-refractivity contribution >= 4 is 22.8 Å². The van der Waals surface area contributed by atoms with Crippen molar-refractivity contribution in [2.24, 2.45) is 0 Å².